The zero-order valence-electron chi connectivity index (χ0n) is 12.4. The minimum absolute atomic E-state index is 0.476. The van der Waals surface area contributed by atoms with E-state index in [-0.39, 0.29) is 0 Å². The highest BCUT2D eigenvalue weighted by atomic mass is 16.5. The molecule has 1 saturated heterocycles. The van der Waals surface area contributed by atoms with Crippen LogP contribution in [0.2, 0.25) is 0 Å². The normalized spacial score (nSPS) is 22.2. The van der Waals surface area contributed by atoms with E-state index >= 15 is 0 Å². The Morgan fingerprint density at radius 2 is 2.05 bits per heavy atom. The third kappa shape index (κ3) is 3.48. The molecule has 0 aromatic heterocycles. The van der Waals surface area contributed by atoms with Crippen LogP contribution < -0.4 is 10.1 Å². The molecule has 19 heavy (non-hydrogen) atoms. The van der Waals surface area contributed by atoms with Gasteiger partial charge in [-0.2, -0.15) is 0 Å². The van der Waals surface area contributed by atoms with E-state index < -0.39 is 0 Å². The van der Waals surface area contributed by atoms with Crippen molar-refractivity contribution in [3.05, 3.63) is 29.8 Å². The summed E-state index contributed by atoms with van der Waals surface area (Å²) in [5, 5.41) is 3.33. The summed E-state index contributed by atoms with van der Waals surface area (Å²) in [6, 6.07) is 9.63. The number of likely N-dealkylation sites (N-methyl/N-ethyl adjacent to an activating group) is 1. The number of ether oxygens (including phenoxy) is 1. The first-order chi connectivity index (χ1) is 9.26. The zero-order valence-corrected chi connectivity index (χ0v) is 12.4. The molecule has 0 radical (unpaired) electrons. The Labute approximate surface area is 116 Å². The van der Waals surface area contributed by atoms with Crippen molar-refractivity contribution in [2.45, 2.75) is 38.3 Å². The van der Waals surface area contributed by atoms with Crippen molar-refractivity contribution in [1.29, 1.82) is 0 Å². The number of hydrogen-bond donors (Lipinski definition) is 1. The molecular formula is C16H26N2O. The van der Waals surface area contributed by atoms with Gasteiger partial charge < -0.3 is 10.1 Å². The van der Waals surface area contributed by atoms with Crippen molar-refractivity contribution in [2.24, 2.45) is 0 Å². The van der Waals surface area contributed by atoms with Crippen LogP contribution in [0.5, 0.6) is 5.75 Å². The van der Waals surface area contributed by atoms with Crippen molar-refractivity contribution in [3.8, 4) is 5.75 Å². The molecular weight excluding hydrogens is 236 g/mol. The summed E-state index contributed by atoms with van der Waals surface area (Å²) in [6.07, 6.45) is 3.99. The van der Waals surface area contributed by atoms with E-state index in [9.17, 15) is 0 Å². The molecule has 1 aliphatic heterocycles. The number of rotatable bonds is 5. The lowest BCUT2D eigenvalue weighted by Gasteiger charge is -2.40. The Kier molecular flexibility index (Phi) is 5.23. The van der Waals surface area contributed by atoms with E-state index in [1.54, 1.807) is 7.11 Å². The monoisotopic (exact) mass is 262 g/mol. The molecule has 0 amide bonds. The maximum Gasteiger partial charge on any atom is 0.118 e. The van der Waals surface area contributed by atoms with Crippen LogP contribution in [0.3, 0.4) is 0 Å². The number of nitrogens with one attached hydrogen (secondary N) is 1. The van der Waals surface area contributed by atoms with E-state index in [1.807, 2.05) is 7.05 Å². The summed E-state index contributed by atoms with van der Waals surface area (Å²) in [7, 11) is 3.76. The van der Waals surface area contributed by atoms with Crippen LogP contribution in [0, 0.1) is 0 Å². The lowest BCUT2D eigenvalue weighted by molar-refractivity contribution is 0.103. The Bertz CT molecular complexity index is 375. The van der Waals surface area contributed by atoms with Gasteiger partial charge in [0.15, 0.2) is 0 Å². The quantitative estimate of drug-likeness (QED) is 0.883. The van der Waals surface area contributed by atoms with Gasteiger partial charge in [0.25, 0.3) is 0 Å². The van der Waals surface area contributed by atoms with Gasteiger partial charge in [-0.15, -0.1) is 0 Å². The van der Waals surface area contributed by atoms with E-state index in [0.29, 0.717) is 12.1 Å². The second kappa shape index (κ2) is 6.92. The number of piperidine rings is 1. The Balaban J connectivity index is 2.08. The topological polar surface area (TPSA) is 24.5 Å². The Morgan fingerprint density at radius 3 is 2.68 bits per heavy atom. The van der Waals surface area contributed by atoms with E-state index in [2.05, 4.69) is 41.4 Å². The van der Waals surface area contributed by atoms with Crippen LogP contribution in [0.25, 0.3) is 0 Å². The summed E-state index contributed by atoms with van der Waals surface area (Å²) in [5.41, 5.74) is 1.38. The molecule has 1 heterocycles. The Hall–Kier alpha value is -1.06. The molecule has 2 atom stereocenters. The first-order valence-electron chi connectivity index (χ1n) is 7.30. The first kappa shape index (κ1) is 14.4. The van der Waals surface area contributed by atoms with E-state index in [0.717, 1.165) is 12.3 Å². The minimum Gasteiger partial charge on any atom is -0.497 e. The highest BCUT2D eigenvalue weighted by molar-refractivity contribution is 5.29. The van der Waals surface area contributed by atoms with Crippen LogP contribution in [-0.2, 0) is 0 Å². The van der Waals surface area contributed by atoms with E-state index in [4.69, 9.17) is 4.74 Å². The lowest BCUT2D eigenvalue weighted by Crippen LogP contribution is -2.45. The third-order valence-electron chi connectivity index (χ3n) is 4.21. The van der Waals surface area contributed by atoms with Crippen LogP contribution in [-0.4, -0.2) is 38.2 Å². The molecule has 1 aliphatic rings. The molecule has 1 N–H and O–H groups in total. The first-order valence-corrected chi connectivity index (χ1v) is 7.30. The number of nitrogens with zero attached hydrogens (tertiary/aromatic N) is 1. The fourth-order valence-corrected chi connectivity index (χ4v) is 3.06. The fraction of sp³-hybridized carbons (Fsp3) is 0.625. The van der Waals surface area contributed by atoms with Gasteiger partial charge in [-0.3, -0.25) is 4.90 Å². The van der Waals surface area contributed by atoms with Crippen molar-refractivity contribution < 1.29 is 4.74 Å². The summed E-state index contributed by atoms with van der Waals surface area (Å²) in [4.78, 5) is 2.64. The summed E-state index contributed by atoms with van der Waals surface area (Å²) in [5.74, 6) is 0.932. The number of hydrogen-bond acceptors (Lipinski definition) is 3. The van der Waals surface area contributed by atoms with Crippen LogP contribution in [0.1, 0.15) is 37.8 Å². The average molecular weight is 262 g/mol. The number of benzene rings is 1. The van der Waals surface area contributed by atoms with Gasteiger partial charge in [-0.25, -0.2) is 0 Å². The van der Waals surface area contributed by atoms with Gasteiger partial charge in [0.1, 0.15) is 5.75 Å². The van der Waals surface area contributed by atoms with Gasteiger partial charge in [-0.1, -0.05) is 18.6 Å². The number of methoxy groups -OCH3 is 1. The summed E-state index contributed by atoms with van der Waals surface area (Å²) in [6.45, 7) is 4.61. The molecule has 0 bridgehead atoms. The van der Waals surface area contributed by atoms with E-state index in [1.165, 1.54) is 31.4 Å². The van der Waals surface area contributed by atoms with Gasteiger partial charge in [0.05, 0.1) is 7.11 Å². The highest BCUT2D eigenvalue weighted by Crippen LogP contribution is 2.29. The van der Waals surface area contributed by atoms with Crippen molar-refractivity contribution in [3.63, 3.8) is 0 Å². The molecule has 3 heteroatoms. The maximum absolute atomic E-state index is 5.23. The summed E-state index contributed by atoms with van der Waals surface area (Å²) < 4.78 is 5.23. The molecule has 2 rings (SSSR count). The molecule has 1 fully saturated rings. The number of likely N-dealkylation sites (tertiary alicyclic amines) is 1. The molecule has 1 aromatic carbocycles. The summed E-state index contributed by atoms with van der Waals surface area (Å²) >= 11 is 0. The lowest BCUT2D eigenvalue weighted by atomic mass is 9.97. The van der Waals surface area contributed by atoms with Crippen molar-refractivity contribution in [1.82, 2.24) is 10.2 Å². The molecule has 0 spiro atoms. The second-order valence-electron chi connectivity index (χ2n) is 5.39. The van der Waals surface area contributed by atoms with Gasteiger partial charge in [0.2, 0.25) is 0 Å². The fourth-order valence-electron chi connectivity index (χ4n) is 3.06. The SMILES string of the molecule is CNCC1CCCCN1C(C)c1ccc(OC)cc1. The van der Waals surface area contributed by atoms with Gasteiger partial charge >= 0.3 is 0 Å². The minimum atomic E-state index is 0.476. The molecule has 3 nitrogen and oxygen atoms in total. The van der Waals surface area contributed by atoms with Crippen molar-refractivity contribution in [2.75, 3.05) is 27.2 Å². The molecule has 2 unspecified atom stereocenters. The van der Waals surface area contributed by atoms with Crippen LogP contribution in [0.4, 0.5) is 0 Å². The molecule has 0 aliphatic carbocycles. The highest BCUT2D eigenvalue weighted by Gasteiger charge is 2.26. The zero-order chi connectivity index (χ0) is 13.7. The standard InChI is InChI=1S/C16H26N2O/c1-13(14-7-9-16(19-3)10-8-14)18-11-5-4-6-15(18)12-17-2/h7-10,13,15,17H,4-6,11-12H2,1-3H3. The van der Waals surface area contributed by atoms with Crippen LogP contribution >= 0.6 is 0 Å². The molecule has 1 aromatic rings. The van der Waals surface area contributed by atoms with Gasteiger partial charge in [0, 0.05) is 18.6 Å². The van der Waals surface area contributed by atoms with Crippen LogP contribution in [0.15, 0.2) is 24.3 Å². The molecule has 106 valence electrons. The third-order valence-corrected chi connectivity index (χ3v) is 4.21. The largest absolute Gasteiger partial charge is 0.497 e. The van der Waals surface area contributed by atoms with Crippen molar-refractivity contribution >= 4 is 0 Å². The average Bonchev–Trinajstić information content (AvgIpc) is 2.47. The molecule has 0 saturated carbocycles. The van der Waals surface area contributed by atoms with Gasteiger partial charge in [-0.05, 0) is 51.1 Å². The Morgan fingerprint density at radius 1 is 1.32 bits per heavy atom. The smallest absolute Gasteiger partial charge is 0.118 e. The maximum atomic E-state index is 5.23. The predicted octanol–water partition coefficient (Wildman–Crippen LogP) is 2.83. The predicted molar refractivity (Wildman–Crippen MR) is 79.7 cm³/mol. The second-order valence-corrected chi connectivity index (χ2v) is 5.39.